The van der Waals surface area contributed by atoms with Crippen LogP contribution < -0.4 is 15.5 Å². The lowest BCUT2D eigenvalue weighted by molar-refractivity contribution is -0.384. The minimum absolute atomic E-state index is 0.131. The number of nitro groups is 1. The fourth-order valence-electron chi connectivity index (χ4n) is 2.20. The third kappa shape index (κ3) is 5.30. The Bertz CT molecular complexity index is 803. The van der Waals surface area contributed by atoms with Gasteiger partial charge in [-0.25, -0.2) is 0 Å². The number of hydrogen-bond acceptors (Lipinski definition) is 5. The van der Waals surface area contributed by atoms with Crippen LogP contribution in [0.4, 0.5) is 11.4 Å². The molecule has 2 N–H and O–H groups in total. The molecule has 8 heteroatoms. The van der Waals surface area contributed by atoms with Crippen LogP contribution in [0, 0.1) is 10.1 Å². The molecular formula is C18H20N4O4. The Morgan fingerprint density at radius 1 is 1.08 bits per heavy atom. The van der Waals surface area contributed by atoms with Crippen LogP contribution in [0.5, 0.6) is 0 Å². The van der Waals surface area contributed by atoms with E-state index in [4.69, 9.17) is 0 Å². The summed E-state index contributed by atoms with van der Waals surface area (Å²) in [5.74, 6) is -0.889. The largest absolute Gasteiger partial charge is 0.378 e. The average Bonchev–Trinajstić information content (AvgIpc) is 2.64. The third-order valence-corrected chi connectivity index (χ3v) is 3.67. The maximum atomic E-state index is 12.0. The first kappa shape index (κ1) is 18.9. The first-order chi connectivity index (χ1) is 12.4. The maximum Gasteiger partial charge on any atom is 0.270 e. The number of rotatable bonds is 7. The van der Waals surface area contributed by atoms with Crippen LogP contribution in [-0.4, -0.2) is 37.4 Å². The molecule has 26 heavy (non-hydrogen) atoms. The van der Waals surface area contributed by atoms with E-state index in [9.17, 15) is 19.7 Å². The molecule has 0 heterocycles. The molecule has 8 nitrogen and oxygen atoms in total. The second kappa shape index (κ2) is 8.61. The highest BCUT2D eigenvalue weighted by molar-refractivity contribution is 5.96. The van der Waals surface area contributed by atoms with Gasteiger partial charge in [0.25, 0.3) is 11.6 Å². The summed E-state index contributed by atoms with van der Waals surface area (Å²) in [7, 11) is 3.89. The zero-order chi connectivity index (χ0) is 19.1. The summed E-state index contributed by atoms with van der Waals surface area (Å²) in [6, 6.07) is 13.1. The van der Waals surface area contributed by atoms with E-state index in [2.05, 4.69) is 10.6 Å². The smallest absolute Gasteiger partial charge is 0.270 e. The number of amides is 2. The van der Waals surface area contributed by atoms with Crippen molar-refractivity contribution < 1.29 is 14.5 Å². The maximum absolute atomic E-state index is 12.0. The SMILES string of the molecule is CN(C)c1ccc(CNC(=O)CNC(=O)c2cccc([N+](=O)[O-])c2)cc1. The highest BCUT2D eigenvalue weighted by Gasteiger charge is 2.12. The predicted octanol–water partition coefficient (Wildman–Crippen LogP) is 1.71. The van der Waals surface area contributed by atoms with Crippen LogP contribution in [0.2, 0.25) is 0 Å². The zero-order valence-electron chi connectivity index (χ0n) is 14.6. The van der Waals surface area contributed by atoms with Crippen LogP contribution >= 0.6 is 0 Å². The lowest BCUT2D eigenvalue weighted by atomic mass is 10.2. The first-order valence-electron chi connectivity index (χ1n) is 7.92. The summed E-state index contributed by atoms with van der Waals surface area (Å²) < 4.78 is 0. The number of anilines is 1. The number of benzene rings is 2. The Labute approximate surface area is 151 Å². The molecule has 0 fully saturated rings. The fourth-order valence-corrected chi connectivity index (χ4v) is 2.20. The molecule has 2 aromatic carbocycles. The van der Waals surface area contributed by atoms with Crippen molar-refractivity contribution in [2.24, 2.45) is 0 Å². The van der Waals surface area contributed by atoms with Gasteiger partial charge in [-0.1, -0.05) is 18.2 Å². The van der Waals surface area contributed by atoms with E-state index in [0.717, 1.165) is 11.3 Å². The summed E-state index contributed by atoms with van der Waals surface area (Å²) in [4.78, 5) is 36.0. The normalized spacial score (nSPS) is 10.1. The minimum atomic E-state index is -0.578. The monoisotopic (exact) mass is 356 g/mol. The van der Waals surface area contributed by atoms with Gasteiger partial charge in [0.05, 0.1) is 11.5 Å². The fraction of sp³-hybridized carbons (Fsp3) is 0.222. The number of hydrogen-bond donors (Lipinski definition) is 2. The van der Waals surface area contributed by atoms with E-state index < -0.39 is 10.8 Å². The molecule has 0 saturated heterocycles. The summed E-state index contributed by atoms with van der Waals surface area (Å²) >= 11 is 0. The minimum Gasteiger partial charge on any atom is -0.378 e. The van der Waals surface area contributed by atoms with Crippen molar-refractivity contribution in [3.8, 4) is 0 Å². The van der Waals surface area contributed by atoms with Gasteiger partial charge in [-0.05, 0) is 23.8 Å². The molecule has 0 saturated carbocycles. The van der Waals surface area contributed by atoms with Gasteiger partial charge in [0.1, 0.15) is 0 Å². The molecule has 0 aromatic heterocycles. The van der Waals surface area contributed by atoms with Crippen LogP contribution in [0.15, 0.2) is 48.5 Å². The van der Waals surface area contributed by atoms with Gasteiger partial charge in [0, 0.05) is 44.0 Å². The number of nitro benzene ring substituents is 1. The summed E-state index contributed by atoms with van der Waals surface area (Å²) in [6.07, 6.45) is 0. The molecule has 2 amide bonds. The van der Waals surface area contributed by atoms with Crippen molar-refractivity contribution in [2.45, 2.75) is 6.54 Å². The van der Waals surface area contributed by atoms with E-state index >= 15 is 0 Å². The van der Waals surface area contributed by atoms with E-state index in [-0.39, 0.29) is 23.7 Å². The molecule has 0 bridgehead atoms. The van der Waals surface area contributed by atoms with Crippen LogP contribution in [0.25, 0.3) is 0 Å². The number of nitrogens with zero attached hydrogens (tertiary/aromatic N) is 2. The predicted molar refractivity (Wildman–Crippen MR) is 98.0 cm³/mol. The van der Waals surface area contributed by atoms with Crippen molar-refractivity contribution in [1.82, 2.24) is 10.6 Å². The van der Waals surface area contributed by atoms with Crippen LogP contribution in [-0.2, 0) is 11.3 Å². The molecule has 0 aliphatic rings. The number of carbonyl (C=O) groups is 2. The third-order valence-electron chi connectivity index (χ3n) is 3.67. The van der Waals surface area contributed by atoms with E-state index in [1.54, 1.807) is 0 Å². The molecular weight excluding hydrogens is 336 g/mol. The number of non-ortho nitro benzene ring substituents is 1. The molecule has 2 aromatic rings. The van der Waals surface area contributed by atoms with Gasteiger partial charge in [-0.3, -0.25) is 19.7 Å². The van der Waals surface area contributed by atoms with E-state index in [1.807, 2.05) is 43.3 Å². The molecule has 136 valence electrons. The Morgan fingerprint density at radius 3 is 2.38 bits per heavy atom. The summed E-state index contributed by atoms with van der Waals surface area (Å²) in [6.45, 7) is 0.135. The first-order valence-corrected chi connectivity index (χ1v) is 7.92. The quantitative estimate of drug-likeness (QED) is 0.580. The second-order valence-corrected chi connectivity index (χ2v) is 5.83. The number of carbonyl (C=O) groups excluding carboxylic acids is 2. The van der Waals surface area contributed by atoms with Gasteiger partial charge >= 0.3 is 0 Å². The van der Waals surface area contributed by atoms with Crippen molar-refractivity contribution in [2.75, 3.05) is 25.5 Å². The lowest BCUT2D eigenvalue weighted by Gasteiger charge is -2.13. The van der Waals surface area contributed by atoms with Crippen molar-refractivity contribution in [3.05, 3.63) is 69.8 Å². The van der Waals surface area contributed by atoms with Crippen molar-refractivity contribution in [1.29, 1.82) is 0 Å². The summed E-state index contributed by atoms with van der Waals surface area (Å²) in [5, 5.41) is 15.9. The number of nitrogens with one attached hydrogen (secondary N) is 2. The molecule has 0 spiro atoms. The van der Waals surface area contributed by atoms with Crippen LogP contribution in [0.1, 0.15) is 15.9 Å². The molecule has 0 radical (unpaired) electrons. The van der Waals surface area contributed by atoms with Gasteiger partial charge in [0.15, 0.2) is 0 Å². The Hall–Kier alpha value is -3.42. The topological polar surface area (TPSA) is 105 Å². The van der Waals surface area contributed by atoms with Gasteiger partial charge in [-0.15, -0.1) is 0 Å². The van der Waals surface area contributed by atoms with Crippen molar-refractivity contribution >= 4 is 23.2 Å². The standard InChI is InChI=1S/C18H20N4O4/c1-21(2)15-8-6-13(7-9-15)11-19-17(23)12-20-18(24)14-4-3-5-16(10-14)22(25)26/h3-10H,11-12H2,1-2H3,(H,19,23)(H,20,24). The highest BCUT2D eigenvalue weighted by Crippen LogP contribution is 2.13. The molecule has 0 unspecified atom stereocenters. The average molecular weight is 356 g/mol. The highest BCUT2D eigenvalue weighted by atomic mass is 16.6. The molecule has 0 aliphatic heterocycles. The summed E-state index contributed by atoms with van der Waals surface area (Å²) in [5.41, 5.74) is 1.95. The van der Waals surface area contributed by atoms with Gasteiger partial charge in [0.2, 0.25) is 5.91 Å². The Kier molecular flexibility index (Phi) is 6.26. The Morgan fingerprint density at radius 2 is 1.77 bits per heavy atom. The molecule has 0 aliphatic carbocycles. The second-order valence-electron chi connectivity index (χ2n) is 5.83. The van der Waals surface area contributed by atoms with E-state index in [0.29, 0.717) is 6.54 Å². The lowest BCUT2D eigenvalue weighted by Crippen LogP contribution is -2.36. The molecule has 2 rings (SSSR count). The van der Waals surface area contributed by atoms with Crippen molar-refractivity contribution in [3.63, 3.8) is 0 Å². The van der Waals surface area contributed by atoms with Crippen LogP contribution in [0.3, 0.4) is 0 Å². The zero-order valence-corrected chi connectivity index (χ0v) is 14.6. The van der Waals surface area contributed by atoms with Gasteiger partial charge < -0.3 is 15.5 Å². The van der Waals surface area contributed by atoms with Gasteiger partial charge in [-0.2, -0.15) is 0 Å². The Balaban J connectivity index is 1.82. The molecule has 0 atom stereocenters. The van der Waals surface area contributed by atoms with E-state index in [1.165, 1.54) is 24.3 Å².